The predicted octanol–water partition coefficient (Wildman–Crippen LogP) is 10.3. The number of amides is 9. The standard InChI is InChI=1S/C75H118F3N9O13/c1-15-49(8)66(58(98-13)43-62(90)86-41-29-34-57(86)68(99-14)50(9)69(93)81-51(10)67(92)53-30-23-21-24-31-53)84(11)63(91)45-80-71(95)65(48(6)7)85(12)73(97)100-46-52-36-38-55(39-37-52)82-60(88)44-79-70(94)64(47(4)5)83-59(75(76,77)78)35-27-22-28-40-87-61(89)42-56(72(87)96)74(16-2,17-3)54-32-25-19-18-20-26-33-54/h21,23-24,30-31,36-39,47-51,54,56-59,64-68,83,92H,15-20,22,25-29,32-35,40-46H2,1-14H3,(H,79,94)(H,80,95)(H,81,93)(H,82,88). The molecule has 6 N–H and O–H groups in total. The van der Waals surface area contributed by atoms with E-state index in [1.54, 1.807) is 77.8 Å². The molecule has 100 heavy (non-hydrogen) atoms. The number of alkyl halides is 3. The van der Waals surface area contributed by atoms with E-state index in [-0.39, 0.29) is 79.7 Å². The Balaban J connectivity index is 1.07. The maximum absolute atomic E-state index is 14.5. The van der Waals surface area contributed by atoms with E-state index in [9.17, 15) is 61.4 Å². The number of ether oxygens (including phenoxy) is 3. The van der Waals surface area contributed by atoms with Crippen LogP contribution in [0.2, 0.25) is 0 Å². The summed E-state index contributed by atoms with van der Waals surface area (Å²) in [5.74, 6) is -5.33. The molecule has 9 amide bonds. The van der Waals surface area contributed by atoms with Crippen molar-refractivity contribution in [1.82, 2.24) is 40.9 Å². The molecule has 0 radical (unpaired) electrons. The van der Waals surface area contributed by atoms with Gasteiger partial charge in [-0.1, -0.05) is 156 Å². The van der Waals surface area contributed by atoms with Gasteiger partial charge in [-0.3, -0.25) is 53.5 Å². The number of benzene rings is 2. The van der Waals surface area contributed by atoms with Crippen LogP contribution in [0.4, 0.5) is 23.7 Å². The summed E-state index contributed by atoms with van der Waals surface area (Å²) >= 11 is 0. The van der Waals surface area contributed by atoms with Crippen molar-refractivity contribution in [2.45, 2.75) is 252 Å². The second-order valence-electron chi connectivity index (χ2n) is 28.8. The van der Waals surface area contributed by atoms with Gasteiger partial charge in [0.1, 0.15) is 18.7 Å². The highest BCUT2D eigenvalue weighted by molar-refractivity contribution is 6.04. The van der Waals surface area contributed by atoms with Crippen LogP contribution in [0, 0.1) is 40.9 Å². The molecule has 0 bridgehead atoms. The van der Waals surface area contributed by atoms with Gasteiger partial charge < -0.3 is 50.4 Å². The Hall–Kier alpha value is -6.70. The third-order valence-corrected chi connectivity index (χ3v) is 21.6. The van der Waals surface area contributed by atoms with Gasteiger partial charge in [0.2, 0.25) is 47.3 Å². The lowest BCUT2D eigenvalue weighted by molar-refractivity contribution is -0.161. The number of carbonyl (C=O) groups excluding carboxylic acids is 9. The molecule has 12 atom stereocenters. The van der Waals surface area contributed by atoms with Gasteiger partial charge in [-0.25, -0.2) is 4.79 Å². The summed E-state index contributed by atoms with van der Waals surface area (Å²) in [6, 6.07) is 9.23. The molecule has 2 aromatic carbocycles. The second kappa shape index (κ2) is 40.2. The topological polar surface area (TPSA) is 275 Å². The van der Waals surface area contributed by atoms with Crippen molar-refractivity contribution in [2.75, 3.05) is 59.8 Å². The van der Waals surface area contributed by atoms with Crippen molar-refractivity contribution in [3.63, 3.8) is 0 Å². The number of methoxy groups -OCH3 is 2. The Kier molecular flexibility index (Phi) is 33.8. The lowest BCUT2D eigenvalue weighted by atomic mass is 9.59. The van der Waals surface area contributed by atoms with Gasteiger partial charge in [-0.15, -0.1) is 0 Å². The highest BCUT2D eigenvalue weighted by Crippen LogP contribution is 2.51. The van der Waals surface area contributed by atoms with E-state index in [1.165, 1.54) is 62.5 Å². The molecule has 1 aliphatic carbocycles. The number of nitrogens with zero attached hydrogens (tertiary/aromatic N) is 4. The number of carbonyl (C=O) groups is 9. The molecule has 0 spiro atoms. The number of likely N-dealkylation sites (tertiary alicyclic amines) is 2. The van der Waals surface area contributed by atoms with Gasteiger partial charge >= 0.3 is 12.3 Å². The molecule has 3 aliphatic rings. The number of anilines is 1. The predicted molar refractivity (Wildman–Crippen MR) is 377 cm³/mol. The van der Waals surface area contributed by atoms with Gasteiger partial charge in [0, 0.05) is 53.5 Å². The van der Waals surface area contributed by atoms with Crippen LogP contribution in [0.5, 0.6) is 0 Å². The van der Waals surface area contributed by atoms with Crippen molar-refractivity contribution in [3.05, 3.63) is 65.7 Å². The van der Waals surface area contributed by atoms with E-state index in [2.05, 4.69) is 40.4 Å². The maximum Gasteiger partial charge on any atom is 0.410 e. The number of unbranched alkanes of at least 4 members (excludes halogenated alkanes) is 2. The first-order chi connectivity index (χ1) is 47.4. The Morgan fingerprint density at radius 1 is 0.730 bits per heavy atom. The summed E-state index contributed by atoms with van der Waals surface area (Å²) in [6.45, 7) is 17.7. The van der Waals surface area contributed by atoms with Crippen molar-refractivity contribution in [1.29, 1.82) is 0 Å². The highest BCUT2D eigenvalue weighted by Gasteiger charge is 2.53. The van der Waals surface area contributed by atoms with Crippen LogP contribution in [-0.4, -0.2) is 187 Å². The molecular formula is C75H118F3N9O13. The normalized spacial score (nSPS) is 19.5. The zero-order chi connectivity index (χ0) is 74.2. The summed E-state index contributed by atoms with van der Waals surface area (Å²) in [7, 11) is 5.99. The van der Waals surface area contributed by atoms with Crippen LogP contribution in [0.3, 0.4) is 0 Å². The van der Waals surface area contributed by atoms with Crippen molar-refractivity contribution in [2.24, 2.45) is 40.9 Å². The summed E-state index contributed by atoms with van der Waals surface area (Å²) in [6.07, 6.45) is 4.12. The minimum absolute atomic E-state index is 0.0884. The molecule has 1 saturated carbocycles. The molecule has 2 aromatic rings. The minimum atomic E-state index is -4.70. The largest absolute Gasteiger partial charge is 0.445 e. The molecule has 5 rings (SSSR count). The minimum Gasteiger partial charge on any atom is -0.445 e. The Morgan fingerprint density at radius 3 is 1.94 bits per heavy atom. The quantitative estimate of drug-likeness (QED) is 0.0270. The molecule has 12 unspecified atom stereocenters. The molecule has 22 nitrogen and oxygen atoms in total. The molecule has 25 heteroatoms. The zero-order valence-electron chi connectivity index (χ0n) is 61.9. The first kappa shape index (κ1) is 84.0. The lowest BCUT2D eigenvalue weighted by Gasteiger charge is -2.44. The number of likely N-dealkylation sites (N-methyl/N-ethyl adjacent to an activating group) is 2. The van der Waals surface area contributed by atoms with Crippen molar-refractivity contribution in [3.8, 4) is 0 Å². The van der Waals surface area contributed by atoms with Crippen LogP contribution in [-0.2, 0) is 59.2 Å². The Bertz CT molecular complexity index is 2950. The molecule has 2 saturated heterocycles. The van der Waals surface area contributed by atoms with E-state index in [0.717, 1.165) is 43.4 Å². The van der Waals surface area contributed by atoms with Crippen molar-refractivity contribution >= 4 is 59.0 Å². The molecule has 0 aromatic heterocycles. The molecule has 562 valence electrons. The van der Waals surface area contributed by atoms with Crippen LogP contribution >= 0.6 is 0 Å². The Morgan fingerprint density at radius 2 is 1.36 bits per heavy atom. The molecule has 2 aliphatic heterocycles. The lowest BCUT2D eigenvalue weighted by Crippen LogP contribution is -2.56. The zero-order valence-corrected chi connectivity index (χ0v) is 61.9. The van der Waals surface area contributed by atoms with E-state index < -0.39 is 121 Å². The monoisotopic (exact) mass is 1410 g/mol. The third kappa shape index (κ3) is 22.9. The van der Waals surface area contributed by atoms with Gasteiger partial charge in [0.15, 0.2) is 0 Å². The Labute approximate surface area is 591 Å². The number of nitrogens with one attached hydrogen (secondary N) is 5. The molecule has 2 heterocycles. The number of hydrogen-bond acceptors (Lipinski definition) is 14. The van der Waals surface area contributed by atoms with Gasteiger partial charge in [-0.05, 0) is 111 Å². The fourth-order valence-corrected chi connectivity index (χ4v) is 15.5. The number of rotatable bonds is 38. The fraction of sp³-hybridized carbons (Fsp3) is 0.720. The fourth-order valence-electron chi connectivity index (χ4n) is 15.5. The van der Waals surface area contributed by atoms with E-state index >= 15 is 0 Å². The second-order valence-corrected chi connectivity index (χ2v) is 28.8. The maximum atomic E-state index is 14.5. The number of aliphatic hydroxyl groups is 1. The average molecular weight is 1410 g/mol. The van der Waals surface area contributed by atoms with Crippen LogP contribution in [0.1, 0.15) is 202 Å². The van der Waals surface area contributed by atoms with Crippen LogP contribution in [0.25, 0.3) is 0 Å². The SMILES string of the molecule is CCC(C)C(C(CC(=O)N1CCCC1C(OC)C(C)C(=O)NC(C)C(O)c1ccccc1)OC)N(C)C(=O)CNC(=O)C(C(C)C)N(C)C(=O)OCc1ccc(NC(=O)CNC(=O)C(NC(CCCCCN2C(=O)CC(C(CC)(CC)C3CCCCCCC3)C2=O)C(F)(F)F)C(C)C)cc1. The number of hydrogen-bond donors (Lipinski definition) is 6. The summed E-state index contributed by atoms with van der Waals surface area (Å²) in [5, 5.41) is 24.2. The van der Waals surface area contributed by atoms with Gasteiger partial charge in [-0.2, -0.15) is 13.2 Å². The van der Waals surface area contributed by atoms with Crippen LogP contribution in [0.15, 0.2) is 54.6 Å². The van der Waals surface area contributed by atoms with E-state index in [4.69, 9.17) is 14.2 Å². The van der Waals surface area contributed by atoms with E-state index in [0.29, 0.717) is 61.4 Å². The summed E-state index contributed by atoms with van der Waals surface area (Å²) in [5.41, 5.74) is 1.23. The number of halogens is 3. The summed E-state index contributed by atoms with van der Waals surface area (Å²) < 4.78 is 61.1. The van der Waals surface area contributed by atoms with Crippen LogP contribution < -0.4 is 26.6 Å². The van der Waals surface area contributed by atoms with Gasteiger partial charge in [0.25, 0.3) is 0 Å². The van der Waals surface area contributed by atoms with Gasteiger partial charge in [0.05, 0.1) is 73.8 Å². The average Bonchev–Trinajstić information content (AvgIpc) is 1.60. The first-order valence-electron chi connectivity index (χ1n) is 36.6. The van der Waals surface area contributed by atoms with E-state index in [1.807, 2.05) is 32.0 Å². The highest BCUT2D eigenvalue weighted by atomic mass is 19.4. The first-order valence-corrected chi connectivity index (χ1v) is 36.6. The van der Waals surface area contributed by atoms with Crippen molar-refractivity contribution < 1.29 is 75.6 Å². The molecular weight excluding hydrogens is 1290 g/mol. The smallest absolute Gasteiger partial charge is 0.410 e. The number of imide groups is 1. The summed E-state index contributed by atoms with van der Waals surface area (Å²) in [4.78, 5) is 129. The third-order valence-electron chi connectivity index (χ3n) is 21.6. The molecule has 3 fully saturated rings. The number of aliphatic hydroxyl groups excluding tert-OH is 1.